The molecule has 110 valence electrons. The number of nitrogens with one attached hydrogen (secondary N) is 1. The lowest BCUT2D eigenvalue weighted by Gasteiger charge is -2.09. The van der Waals surface area contributed by atoms with Gasteiger partial charge in [0.1, 0.15) is 11.4 Å². The van der Waals surface area contributed by atoms with Gasteiger partial charge in [-0.05, 0) is 30.3 Å². The summed E-state index contributed by atoms with van der Waals surface area (Å²) in [5, 5.41) is 12.1. The molecule has 4 nitrogen and oxygen atoms in total. The molecule has 1 aromatic carbocycles. The number of rotatable bonds is 2. The van der Waals surface area contributed by atoms with Gasteiger partial charge in [0, 0.05) is 5.02 Å². The number of aromatic nitrogens is 1. The molecule has 0 radical (unpaired) electrons. The van der Waals surface area contributed by atoms with Crippen molar-refractivity contribution < 1.29 is 23.1 Å². The molecule has 0 aliphatic rings. The molecule has 0 aliphatic heterocycles. The summed E-state index contributed by atoms with van der Waals surface area (Å²) in [6.07, 6.45) is -3.67. The molecule has 0 bridgehead atoms. The summed E-state index contributed by atoms with van der Waals surface area (Å²) in [6.45, 7) is 0. The fraction of sp³-hybridized carbons (Fsp3) is 0.0769. The second kappa shape index (κ2) is 5.61. The van der Waals surface area contributed by atoms with Crippen molar-refractivity contribution in [1.82, 2.24) is 4.98 Å². The number of nitrogens with zero attached hydrogens (tertiary/aromatic N) is 1. The number of phenolic OH excluding ortho intramolecular Hbond substituents is 1. The summed E-state index contributed by atoms with van der Waals surface area (Å²) in [6, 6.07) is 5.68. The third-order valence-corrected chi connectivity index (χ3v) is 2.75. The Balaban J connectivity index is 2.18. The average Bonchev–Trinajstić information content (AvgIpc) is 2.41. The van der Waals surface area contributed by atoms with Crippen molar-refractivity contribution in [3.8, 4) is 5.75 Å². The van der Waals surface area contributed by atoms with Gasteiger partial charge in [-0.3, -0.25) is 4.79 Å². The number of carbonyl (C=O) groups is 1. The Labute approximate surface area is 122 Å². The number of benzene rings is 1. The molecule has 0 aliphatic carbocycles. The number of hydrogen-bond donors (Lipinski definition) is 2. The van der Waals surface area contributed by atoms with Gasteiger partial charge in [0.25, 0.3) is 5.91 Å². The second-order valence-electron chi connectivity index (χ2n) is 4.05. The summed E-state index contributed by atoms with van der Waals surface area (Å²) >= 11 is 5.71. The van der Waals surface area contributed by atoms with E-state index >= 15 is 0 Å². The summed E-state index contributed by atoms with van der Waals surface area (Å²) in [5.41, 5.74) is -1.10. The number of alkyl halides is 3. The molecule has 8 heteroatoms. The van der Waals surface area contributed by atoms with Gasteiger partial charge in [0.15, 0.2) is 0 Å². The normalized spacial score (nSPS) is 11.2. The molecule has 0 unspecified atom stereocenters. The van der Waals surface area contributed by atoms with Gasteiger partial charge >= 0.3 is 6.18 Å². The minimum Gasteiger partial charge on any atom is -0.507 e. The fourth-order valence-corrected chi connectivity index (χ4v) is 1.70. The number of halogens is 4. The van der Waals surface area contributed by atoms with Crippen LogP contribution in [0.1, 0.15) is 16.1 Å². The lowest BCUT2D eigenvalue weighted by Crippen LogP contribution is -2.13. The van der Waals surface area contributed by atoms with Gasteiger partial charge in [-0.25, -0.2) is 4.98 Å². The predicted octanol–water partition coefficient (Wildman–Crippen LogP) is 3.71. The van der Waals surface area contributed by atoms with Crippen LogP contribution in [0, 0.1) is 0 Å². The van der Waals surface area contributed by atoms with Crippen LogP contribution in [0.25, 0.3) is 0 Å². The molecule has 0 saturated heterocycles. The lowest BCUT2D eigenvalue weighted by molar-refractivity contribution is -0.141. The number of aromatic hydroxyl groups is 1. The van der Waals surface area contributed by atoms with Crippen LogP contribution in [0.15, 0.2) is 36.5 Å². The molecule has 0 atom stereocenters. The van der Waals surface area contributed by atoms with E-state index < -0.39 is 17.8 Å². The molecule has 2 aromatic rings. The number of carbonyl (C=O) groups excluding carboxylic acids is 1. The molecule has 0 saturated carbocycles. The van der Waals surface area contributed by atoms with Crippen LogP contribution in [0.2, 0.25) is 5.02 Å². The summed E-state index contributed by atoms with van der Waals surface area (Å²) in [7, 11) is 0. The second-order valence-corrected chi connectivity index (χ2v) is 4.48. The van der Waals surface area contributed by atoms with Crippen LogP contribution in [-0.2, 0) is 6.18 Å². The van der Waals surface area contributed by atoms with Gasteiger partial charge < -0.3 is 10.4 Å². The first-order valence-corrected chi connectivity index (χ1v) is 5.98. The number of phenols is 1. The van der Waals surface area contributed by atoms with E-state index in [0.717, 1.165) is 18.3 Å². The highest BCUT2D eigenvalue weighted by atomic mass is 35.5. The molecular formula is C13H8ClF3N2O2. The standard InChI is InChI=1S/C13H8ClF3N2O2/c14-7-1-3-10(20)9(5-7)12(21)19-8-2-4-11(18-6-8)13(15,16)17/h1-6,20H,(H,19,21). The maximum Gasteiger partial charge on any atom is 0.433 e. The van der Waals surface area contributed by atoms with Gasteiger partial charge in [0.05, 0.1) is 17.4 Å². The molecule has 2 rings (SSSR count). The van der Waals surface area contributed by atoms with E-state index in [1.165, 1.54) is 18.2 Å². The van der Waals surface area contributed by atoms with Crippen molar-refractivity contribution in [2.45, 2.75) is 6.18 Å². The number of hydrogen-bond acceptors (Lipinski definition) is 3. The van der Waals surface area contributed by atoms with E-state index in [0.29, 0.717) is 0 Å². The Hall–Kier alpha value is -2.28. The van der Waals surface area contributed by atoms with Gasteiger partial charge in [0.2, 0.25) is 0 Å². The fourth-order valence-electron chi connectivity index (χ4n) is 1.52. The average molecular weight is 317 g/mol. The molecule has 2 N–H and O–H groups in total. The Bertz CT molecular complexity index is 672. The zero-order chi connectivity index (χ0) is 15.6. The van der Waals surface area contributed by atoms with Gasteiger partial charge in [-0.2, -0.15) is 13.2 Å². The summed E-state index contributed by atoms with van der Waals surface area (Å²) in [4.78, 5) is 15.1. The van der Waals surface area contributed by atoms with E-state index in [1.54, 1.807) is 0 Å². The van der Waals surface area contributed by atoms with Crippen molar-refractivity contribution in [2.24, 2.45) is 0 Å². The minimum absolute atomic E-state index is 0.0624. The van der Waals surface area contributed by atoms with Gasteiger partial charge in [-0.1, -0.05) is 11.6 Å². The molecule has 0 spiro atoms. The van der Waals surface area contributed by atoms with Crippen molar-refractivity contribution in [3.05, 3.63) is 52.8 Å². The minimum atomic E-state index is -4.55. The highest BCUT2D eigenvalue weighted by molar-refractivity contribution is 6.31. The summed E-state index contributed by atoms with van der Waals surface area (Å²) < 4.78 is 37.0. The largest absolute Gasteiger partial charge is 0.507 e. The highest BCUT2D eigenvalue weighted by Crippen LogP contribution is 2.28. The number of amides is 1. The van der Waals surface area contributed by atoms with Crippen molar-refractivity contribution in [3.63, 3.8) is 0 Å². The Morgan fingerprint density at radius 1 is 1.24 bits per heavy atom. The maximum atomic E-state index is 12.3. The van der Waals surface area contributed by atoms with Crippen LogP contribution in [0.4, 0.5) is 18.9 Å². The van der Waals surface area contributed by atoms with E-state index in [4.69, 9.17) is 11.6 Å². The Morgan fingerprint density at radius 3 is 2.52 bits per heavy atom. The van der Waals surface area contributed by atoms with Crippen LogP contribution in [0.3, 0.4) is 0 Å². The number of pyridine rings is 1. The van der Waals surface area contributed by atoms with E-state index in [1.807, 2.05) is 0 Å². The van der Waals surface area contributed by atoms with Crippen molar-refractivity contribution in [2.75, 3.05) is 5.32 Å². The molecule has 1 heterocycles. The Kier molecular flexibility index (Phi) is 4.04. The summed E-state index contributed by atoms with van der Waals surface area (Å²) in [5.74, 6) is -1.01. The first-order valence-electron chi connectivity index (χ1n) is 5.60. The molecule has 1 amide bonds. The maximum absolute atomic E-state index is 12.3. The van der Waals surface area contributed by atoms with Crippen LogP contribution in [0.5, 0.6) is 5.75 Å². The van der Waals surface area contributed by atoms with E-state index in [9.17, 15) is 23.1 Å². The van der Waals surface area contributed by atoms with E-state index in [-0.39, 0.29) is 22.0 Å². The first-order chi connectivity index (χ1) is 9.77. The SMILES string of the molecule is O=C(Nc1ccc(C(F)(F)F)nc1)c1cc(Cl)ccc1O. The van der Waals surface area contributed by atoms with E-state index in [2.05, 4.69) is 10.3 Å². The molecule has 0 fully saturated rings. The van der Waals surface area contributed by atoms with Crippen molar-refractivity contribution in [1.29, 1.82) is 0 Å². The molecular weight excluding hydrogens is 309 g/mol. The Morgan fingerprint density at radius 2 is 1.95 bits per heavy atom. The van der Waals surface area contributed by atoms with Crippen LogP contribution < -0.4 is 5.32 Å². The topological polar surface area (TPSA) is 62.2 Å². The quantitative estimate of drug-likeness (QED) is 0.887. The first kappa shape index (κ1) is 15.1. The van der Waals surface area contributed by atoms with Gasteiger partial charge in [-0.15, -0.1) is 0 Å². The monoisotopic (exact) mass is 316 g/mol. The van der Waals surface area contributed by atoms with Crippen molar-refractivity contribution >= 4 is 23.2 Å². The zero-order valence-corrected chi connectivity index (χ0v) is 11.0. The number of anilines is 1. The molecule has 21 heavy (non-hydrogen) atoms. The lowest BCUT2D eigenvalue weighted by atomic mass is 10.2. The molecule has 1 aromatic heterocycles. The predicted molar refractivity (Wildman–Crippen MR) is 70.3 cm³/mol. The zero-order valence-electron chi connectivity index (χ0n) is 10.3. The van der Waals surface area contributed by atoms with Crippen LogP contribution in [-0.4, -0.2) is 16.0 Å². The highest BCUT2D eigenvalue weighted by Gasteiger charge is 2.32. The van der Waals surface area contributed by atoms with Crippen LogP contribution >= 0.6 is 11.6 Å². The third kappa shape index (κ3) is 3.63. The smallest absolute Gasteiger partial charge is 0.433 e. The third-order valence-electron chi connectivity index (χ3n) is 2.52.